The van der Waals surface area contributed by atoms with E-state index in [1.807, 2.05) is 0 Å². The Morgan fingerprint density at radius 1 is 1.43 bits per heavy atom. The fourth-order valence-corrected chi connectivity index (χ4v) is 2.12. The number of amides is 2. The molecule has 1 heterocycles. The van der Waals surface area contributed by atoms with Crippen molar-refractivity contribution in [3.05, 3.63) is 16.1 Å². The van der Waals surface area contributed by atoms with Crippen LogP contribution < -0.4 is 10.6 Å². The number of nitrogens with zero attached hydrogens (tertiary/aromatic N) is 1. The molecule has 1 aromatic rings. The molecule has 0 aliphatic heterocycles. The number of aliphatic carboxylic acids is 1. The van der Waals surface area contributed by atoms with Gasteiger partial charge >= 0.3 is 18.2 Å². The van der Waals surface area contributed by atoms with Crippen LogP contribution in [0.2, 0.25) is 0 Å². The Bertz CT molecular complexity index is 546. The first-order valence-electron chi connectivity index (χ1n) is 5.78. The SMILES string of the molecule is Cc1cnc(C(C)NC(=O)NC(C)(C(=O)O)C(F)(F)F)s1. The van der Waals surface area contributed by atoms with Gasteiger partial charge in [-0.25, -0.2) is 14.6 Å². The number of alkyl halides is 3. The fourth-order valence-electron chi connectivity index (χ4n) is 1.34. The van der Waals surface area contributed by atoms with E-state index < -0.39 is 29.8 Å². The van der Waals surface area contributed by atoms with Crippen molar-refractivity contribution >= 4 is 23.3 Å². The van der Waals surface area contributed by atoms with Crippen LogP contribution in [0.3, 0.4) is 0 Å². The first kappa shape index (κ1) is 17.2. The summed E-state index contributed by atoms with van der Waals surface area (Å²) in [6.07, 6.45) is -3.57. The summed E-state index contributed by atoms with van der Waals surface area (Å²) in [5, 5.41) is 12.9. The van der Waals surface area contributed by atoms with Gasteiger partial charge in [0.05, 0.1) is 6.04 Å². The first-order chi connectivity index (χ1) is 9.47. The highest BCUT2D eigenvalue weighted by Crippen LogP contribution is 2.30. The normalized spacial score (nSPS) is 15.9. The standard InChI is InChI=1S/C11H14F3N3O3S/c1-5-4-15-7(21-5)6(2)16-9(20)17-10(3,8(18)19)11(12,13)14/h4,6H,1-3H3,(H,18,19)(H2,16,17,20). The van der Waals surface area contributed by atoms with Crippen LogP contribution in [0.4, 0.5) is 18.0 Å². The van der Waals surface area contributed by atoms with Crippen LogP contribution in [-0.4, -0.2) is 33.8 Å². The zero-order chi connectivity index (χ0) is 16.4. The molecule has 3 N–H and O–H groups in total. The van der Waals surface area contributed by atoms with Crippen LogP contribution in [0.5, 0.6) is 0 Å². The Morgan fingerprint density at radius 3 is 2.38 bits per heavy atom. The largest absolute Gasteiger partial charge is 0.479 e. The van der Waals surface area contributed by atoms with E-state index in [9.17, 15) is 22.8 Å². The quantitative estimate of drug-likeness (QED) is 0.791. The van der Waals surface area contributed by atoms with Crippen LogP contribution >= 0.6 is 11.3 Å². The number of carbonyl (C=O) groups excluding carboxylic acids is 1. The van der Waals surface area contributed by atoms with Crippen molar-refractivity contribution in [2.45, 2.75) is 38.5 Å². The zero-order valence-electron chi connectivity index (χ0n) is 11.4. The minimum absolute atomic E-state index is 0.382. The molecule has 2 amide bonds. The third-order valence-corrected chi connectivity index (χ3v) is 3.81. The second kappa shape index (κ2) is 5.88. The molecule has 2 unspecified atom stereocenters. The van der Waals surface area contributed by atoms with E-state index in [0.29, 0.717) is 11.9 Å². The number of aromatic nitrogens is 1. The van der Waals surface area contributed by atoms with Gasteiger partial charge in [-0.1, -0.05) is 0 Å². The highest BCUT2D eigenvalue weighted by atomic mass is 32.1. The Kier molecular flexibility index (Phi) is 4.82. The summed E-state index contributed by atoms with van der Waals surface area (Å²) in [5.41, 5.74) is -3.37. The molecule has 0 saturated heterocycles. The number of hydrogen-bond donors (Lipinski definition) is 3. The minimum Gasteiger partial charge on any atom is -0.479 e. The van der Waals surface area contributed by atoms with Crippen molar-refractivity contribution in [1.82, 2.24) is 15.6 Å². The molecule has 1 rings (SSSR count). The van der Waals surface area contributed by atoms with Crippen molar-refractivity contribution in [3.8, 4) is 0 Å². The van der Waals surface area contributed by atoms with E-state index in [1.54, 1.807) is 13.1 Å². The Hall–Kier alpha value is -1.84. The van der Waals surface area contributed by atoms with Crippen LogP contribution in [0.25, 0.3) is 0 Å². The number of aryl methyl sites for hydroxylation is 1. The lowest BCUT2D eigenvalue weighted by Gasteiger charge is -2.29. The Morgan fingerprint density at radius 2 is 2.00 bits per heavy atom. The third-order valence-electron chi connectivity index (χ3n) is 2.72. The molecule has 2 atom stereocenters. The van der Waals surface area contributed by atoms with Crippen molar-refractivity contribution in [3.63, 3.8) is 0 Å². The van der Waals surface area contributed by atoms with E-state index in [0.717, 1.165) is 4.88 Å². The molecule has 118 valence electrons. The lowest BCUT2D eigenvalue weighted by molar-refractivity contribution is -0.203. The number of urea groups is 1. The second-order valence-corrected chi connectivity index (χ2v) is 5.82. The van der Waals surface area contributed by atoms with Crippen molar-refractivity contribution in [2.75, 3.05) is 0 Å². The van der Waals surface area contributed by atoms with Gasteiger partial charge in [0, 0.05) is 11.1 Å². The van der Waals surface area contributed by atoms with Gasteiger partial charge in [0.15, 0.2) is 0 Å². The Labute approximate surface area is 122 Å². The first-order valence-corrected chi connectivity index (χ1v) is 6.60. The molecule has 0 aliphatic carbocycles. The maximum atomic E-state index is 12.7. The summed E-state index contributed by atoms with van der Waals surface area (Å²) in [6.45, 7) is 3.70. The molecule has 10 heteroatoms. The van der Waals surface area contributed by atoms with Crippen LogP contribution in [0.15, 0.2) is 6.20 Å². The monoisotopic (exact) mass is 325 g/mol. The number of rotatable bonds is 4. The second-order valence-electron chi connectivity index (χ2n) is 4.56. The highest BCUT2D eigenvalue weighted by Gasteiger charge is 2.58. The van der Waals surface area contributed by atoms with E-state index in [-0.39, 0.29) is 0 Å². The molecular weight excluding hydrogens is 311 g/mol. The van der Waals surface area contributed by atoms with Crippen LogP contribution in [0, 0.1) is 6.92 Å². The number of carbonyl (C=O) groups is 2. The molecule has 1 aromatic heterocycles. The minimum atomic E-state index is -5.13. The molecule has 0 saturated carbocycles. The van der Waals surface area contributed by atoms with E-state index >= 15 is 0 Å². The van der Waals surface area contributed by atoms with Gasteiger partial charge in [-0.05, 0) is 20.8 Å². The van der Waals surface area contributed by atoms with Gasteiger partial charge in [-0.3, -0.25) is 0 Å². The van der Waals surface area contributed by atoms with Gasteiger partial charge in [-0.15, -0.1) is 11.3 Å². The van der Waals surface area contributed by atoms with E-state index in [1.165, 1.54) is 23.6 Å². The van der Waals surface area contributed by atoms with Crippen molar-refractivity contribution in [1.29, 1.82) is 0 Å². The van der Waals surface area contributed by atoms with E-state index in [4.69, 9.17) is 5.11 Å². The summed E-state index contributed by atoms with van der Waals surface area (Å²) in [4.78, 5) is 27.2. The lowest BCUT2D eigenvalue weighted by atomic mass is 10.0. The van der Waals surface area contributed by atoms with Gasteiger partial charge in [0.25, 0.3) is 0 Å². The molecule has 0 radical (unpaired) electrons. The topological polar surface area (TPSA) is 91.3 Å². The number of nitrogens with one attached hydrogen (secondary N) is 2. The predicted molar refractivity (Wildman–Crippen MR) is 69.0 cm³/mol. The number of thiazole rings is 1. The highest BCUT2D eigenvalue weighted by molar-refractivity contribution is 7.11. The number of halogens is 3. The average molecular weight is 325 g/mol. The average Bonchev–Trinajstić information content (AvgIpc) is 2.73. The molecular formula is C11H14F3N3O3S. The molecule has 0 fully saturated rings. The number of carboxylic acids is 1. The molecule has 0 aromatic carbocycles. The molecule has 6 nitrogen and oxygen atoms in total. The maximum Gasteiger partial charge on any atom is 0.422 e. The van der Waals surface area contributed by atoms with Crippen LogP contribution in [-0.2, 0) is 4.79 Å². The van der Waals surface area contributed by atoms with Gasteiger partial charge in [0.1, 0.15) is 5.01 Å². The third kappa shape index (κ3) is 3.84. The lowest BCUT2D eigenvalue weighted by Crippen LogP contribution is -2.63. The predicted octanol–water partition coefficient (Wildman–Crippen LogP) is 2.22. The van der Waals surface area contributed by atoms with Crippen molar-refractivity contribution < 1.29 is 27.9 Å². The summed E-state index contributed by atoms with van der Waals surface area (Å²) < 4.78 is 38.2. The molecule has 0 spiro atoms. The summed E-state index contributed by atoms with van der Waals surface area (Å²) in [5.74, 6) is -2.19. The van der Waals surface area contributed by atoms with E-state index in [2.05, 4.69) is 10.3 Å². The van der Waals surface area contributed by atoms with Crippen molar-refractivity contribution in [2.24, 2.45) is 0 Å². The number of carboxylic acid groups (broad SMARTS) is 1. The van der Waals surface area contributed by atoms with Crippen LogP contribution in [0.1, 0.15) is 29.8 Å². The maximum absolute atomic E-state index is 12.7. The number of hydrogen-bond acceptors (Lipinski definition) is 4. The molecule has 0 bridgehead atoms. The van der Waals surface area contributed by atoms with Gasteiger partial charge in [-0.2, -0.15) is 13.2 Å². The summed E-state index contributed by atoms with van der Waals surface area (Å²) in [6, 6.07) is -1.88. The Balaban J connectivity index is 2.78. The summed E-state index contributed by atoms with van der Waals surface area (Å²) >= 11 is 1.28. The zero-order valence-corrected chi connectivity index (χ0v) is 12.2. The fraction of sp³-hybridized carbons (Fsp3) is 0.545. The molecule has 21 heavy (non-hydrogen) atoms. The molecule has 0 aliphatic rings. The summed E-state index contributed by atoms with van der Waals surface area (Å²) in [7, 11) is 0. The van der Waals surface area contributed by atoms with Gasteiger partial charge in [0.2, 0.25) is 5.54 Å². The smallest absolute Gasteiger partial charge is 0.422 e. The van der Waals surface area contributed by atoms with Gasteiger partial charge < -0.3 is 15.7 Å².